The Hall–Kier alpha value is -4.00. The number of nitrogen functional groups attached to an aromatic ring is 1. The van der Waals surface area contributed by atoms with Gasteiger partial charge in [-0.15, -0.1) is 22.7 Å². The summed E-state index contributed by atoms with van der Waals surface area (Å²) in [4.78, 5) is 24.4. The maximum Gasteiger partial charge on any atom is 0.262 e. The van der Waals surface area contributed by atoms with E-state index in [1.165, 1.54) is 48.0 Å². The fourth-order valence-electron chi connectivity index (χ4n) is 4.10. The van der Waals surface area contributed by atoms with Crippen molar-refractivity contribution in [3.8, 4) is 26.8 Å². The molecule has 5 heterocycles. The van der Waals surface area contributed by atoms with Crippen LogP contribution in [0, 0.1) is 0 Å². The number of hydrogen-bond donors (Lipinski definition) is 3. The van der Waals surface area contributed by atoms with E-state index in [-0.39, 0.29) is 34.5 Å². The summed E-state index contributed by atoms with van der Waals surface area (Å²) in [5.41, 5.74) is 9.64. The highest BCUT2D eigenvalue weighted by molar-refractivity contribution is 7.92. The number of hydrogen-bond acceptors (Lipinski definition) is 9. The first-order valence-corrected chi connectivity index (χ1v) is 14.2. The monoisotopic (exact) mass is 549 g/mol. The van der Waals surface area contributed by atoms with Crippen LogP contribution in [0.3, 0.4) is 0 Å². The number of amides is 1. The highest BCUT2D eigenvalue weighted by Gasteiger charge is 2.22. The molecular formula is C25H19N5O4S3. The molecule has 1 aliphatic rings. The summed E-state index contributed by atoms with van der Waals surface area (Å²) in [5, 5.41) is 2.87. The highest BCUT2D eigenvalue weighted by Crippen LogP contribution is 2.44. The number of rotatable bonds is 1. The predicted molar refractivity (Wildman–Crippen MR) is 146 cm³/mol. The normalized spacial score (nSPS) is 14.5. The number of anilines is 2. The van der Waals surface area contributed by atoms with Crippen LogP contribution in [0.4, 0.5) is 11.4 Å². The Morgan fingerprint density at radius 1 is 1.00 bits per heavy atom. The lowest BCUT2D eigenvalue weighted by Crippen LogP contribution is -2.23. The average molecular weight is 550 g/mol. The van der Waals surface area contributed by atoms with Gasteiger partial charge < -0.3 is 15.8 Å². The van der Waals surface area contributed by atoms with Crippen LogP contribution < -0.4 is 20.5 Å². The van der Waals surface area contributed by atoms with E-state index in [0.29, 0.717) is 11.3 Å². The number of benzene rings is 1. The van der Waals surface area contributed by atoms with Gasteiger partial charge in [-0.05, 0) is 42.5 Å². The van der Waals surface area contributed by atoms with Gasteiger partial charge in [0.1, 0.15) is 5.69 Å². The molecule has 0 saturated carbocycles. The van der Waals surface area contributed by atoms with Crippen molar-refractivity contribution in [1.29, 1.82) is 0 Å². The van der Waals surface area contributed by atoms with E-state index in [4.69, 9.17) is 10.5 Å². The molecule has 1 aliphatic heterocycles. The number of methoxy groups -OCH3 is 1. The average Bonchev–Trinajstić information content (AvgIpc) is 3.54. The van der Waals surface area contributed by atoms with Crippen LogP contribution in [0.15, 0.2) is 65.8 Å². The van der Waals surface area contributed by atoms with Crippen LogP contribution in [0.1, 0.15) is 15.2 Å². The smallest absolute Gasteiger partial charge is 0.262 e. The molecule has 12 heteroatoms. The van der Waals surface area contributed by atoms with Crippen molar-refractivity contribution in [3.63, 3.8) is 0 Å². The van der Waals surface area contributed by atoms with Crippen LogP contribution in [-0.4, -0.2) is 31.4 Å². The van der Waals surface area contributed by atoms with Crippen LogP contribution in [0.5, 0.6) is 5.88 Å². The Balaban J connectivity index is 1.58. The Morgan fingerprint density at radius 3 is 2.70 bits per heavy atom. The number of pyridine rings is 2. The van der Waals surface area contributed by atoms with E-state index in [2.05, 4.69) is 20.0 Å². The van der Waals surface area contributed by atoms with E-state index in [9.17, 15) is 13.2 Å². The fourth-order valence-corrected chi connectivity index (χ4v) is 7.44. The number of thiophene rings is 2. The second-order valence-corrected chi connectivity index (χ2v) is 12.2. The van der Waals surface area contributed by atoms with Crippen molar-refractivity contribution in [1.82, 2.24) is 15.3 Å². The summed E-state index contributed by atoms with van der Waals surface area (Å²) in [5.74, 6) is -0.269. The quantitative estimate of drug-likeness (QED) is 0.275. The van der Waals surface area contributed by atoms with E-state index in [0.717, 1.165) is 30.4 Å². The van der Waals surface area contributed by atoms with Crippen molar-refractivity contribution in [2.24, 2.45) is 0 Å². The van der Waals surface area contributed by atoms with Crippen molar-refractivity contribution >= 4 is 60.2 Å². The molecule has 8 bridgehead atoms. The van der Waals surface area contributed by atoms with Gasteiger partial charge in [0.25, 0.3) is 15.9 Å². The van der Waals surface area contributed by atoms with Gasteiger partial charge in [0.15, 0.2) is 0 Å². The fraction of sp³-hybridized carbons (Fsp3) is 0.0800. The third kappa shape index (κ3) is 4.18. The lowest BCUT2D eigenvalue weighted by atomic mass is 10.1. The van der Waals surface area contributed by atoms with Gasteiger partial charge in [0, 0.05) is 37.5 Å². The van der Waals surface area contributed by atoms with Crippen LogP contribution >= 0.6 is 22.7 Å². The third-order valence-electron chi connectivity index (χ3n) is 5.88. The number of aromatic nitrogens is 2. The number of ether oxygens (including phenoxy) is 1. The second kappa shape index (κ2) is 8.83. The third-order valence-corrected chi connectivity index (χ3v) is 9.54. The van der Waals surface area contributed by atoms with E-state index < -0.39 is 10.0 Å². The van der Waals surface area contributed by atoms with Gasteiger partial charge in [-0.25, -0.2) is 13.4 Å². The van der Waals surface area contributed by atoms with Gasteiger partial charge in [-0.3, -0.25) is 14.5 Å². The molecule has 0 radical (unpaired) electrons. The summed E-state index contributed by atoms with van der Waals surface area (Å²) < 4.78 is 35.3. The van der Waals surface area contributed by atoms with E-state index in [1.54, 1.807) is 24.5 Å². The highest BCUT2D eigenvalue weighted by atomic mass is 32.2. The Morgan fingerprint density at radius 2 is 1.86 bits per heavy atom. The number of carbonyl (C=O) groups is 1. The first-order chi connectivity index (χ1) is 17.8. The van der Waals surface area contributed by atoms with Crippen LogP contribution in [0.2, 0.25) is 0 Å². The van der Waals surface area contributed by atoms with Gasteiger partial charge in [-0.1, -0.05) is 6.07 Å². The second-order valence-electron chi connectivity index (χ2n) is 8.28. The molecule has 9 nitrogen and oxygen atoms in total. The molecule has 0 spiro atoms. The standard InChI is InChI=1S/C25H19N5O4S3/c1-34-25-19-8-14(10-29-25)21-9-18-23(36-21)22(17(26)12-27-18)20-6-5-15(35-20)11-28-24(31)13-3-2-4-16(7-13)37(32,33)30-19/h2-10,12,30H,11,26H2,1H3,(H,28,31). The number of nitrogens with one attached hydrogen (secondary N) is 2. The number of nitrogens with two attached hydrogens (primary N) is 1. The molecule has 4 aromatic heterocycles. The summed E-state index contributed by atoms with van der Waals surface area (Å²) >= 11 is 3.02. The lowest BCUT2D eigenvalue weighted by Gasteiger charge is -2.13. The molecule has 0 saturated heterocycles. The lowest BCUT2D eigenvalue weighted by molar-refractivity contribution is 0.0951. The predicted octanol–water partition coefficient (Wildman–Crippen LogP) is 4.72. The zero-order chi connectivity index (χ0) is 25.7. The number of sulfonamides is 1. The molecule has 5 aromatic rings. The zero-order valence-electron chi connectivity index (χ0n) is 19.3. The van der Waals surface area contributed by atoms with Crippen LogP contribution in [0.25, 0.3) is 31.1 Å². The molecule has 0 aliphatic carbocycles. The van der Waals surface area contributed by atoms with Crippen molar-refractivity contribution < 1.29 is 17.9 Å². The maximum atomic E-state index is 13.3. The Bertz CT molecular complexity index is 1810. The Kier molecular flexibility index (Phi) is 5.59. The topological polar surface area (TPSA) is 136 Å². The van der Waals surface area contributed by atoms with Gasteiger partial charge in [0.2, 0.25) is 5.88 Å². The number of nitrogens with zero attached hydrogens (tertiary/aromatic N) is 2. The minimum atomic E-state index is -4.06. The molecule has 1 aromatic carbocycles. The molecule has 1 amide bonds. The summed E-state index contributed by atoms with van der Waals surface area (Å²) in [6.45, 7) is 0.288. The molecular weight excluding hydrogens is 531 g/mol. The van der Waals surface area contributed by atoms with Crippen molar-refractivity contribution in [3.05, 3.63) is 71.4 Å². The minimum Gasteiger partial charge on any atom is -0.480 e. The molecule has 0 fully saturated rings. The van der Waals surface area contributed by atoms with Gasteiger partial charge in [0.05, 0.1) is 40.7 Å². The first kappa shape index (κ1) is 23.4. The Labute approximate surface area is 220 Å². The molecule has 4 N–H and O–H groups in total. The zero-order valence-corrected chi connectivity index (χ0v) is 21.8. The van der Waals surface area contributed by atoms with Gasteiger partial charge >= 0.3 is 0 Å². The van der Waals surface area contributed by atoms with Crippen molar-refractivity contribution in [2.75, 3.05) is 17.6 Å². The SMILES string of the molecule is COc1ncc2cc1NS(=O)(=O)c1cccc(c1)C(=O)NCc1ccc(s1)-c1c(N)cnc3cc-2sc13. The van der Waals surface area contributed by atoms with E-state index >= 15 is 0 Å². The molecule has 0 atom stereocenters. The summed E-state index contributed by atoms with van der Waals surface area (Å²) in [6, 6.07) is 13.4. The summed E-state index contributed by atoms with van der Waals surface area (Å²) in [6.07, 6.45) is 3.26. The maximum absolute atomic E-state index is 13.3. The van der Waals surface area contributed by atoms with Gasteiger partial charge in [-0.2, -0.15) is 0 Å². The number of fused-ring (bicyclic) bond motifs is 9. The first-order valence-electron chi connectivity index (χ1n) is 11.0. The van der Waals surface area contributed by atoms with Crippen molar-refractivity contribution in [2.45, 2.75) is 11.4 Å². The van der Waals surface area contributed by atoms with E-state index in [1.807, 2.05) is 18.2 Å². The molecule has 186 valence electrons. The number of carbonyl (C=O) groups excluding carboxylic acids is 1. The van der Waals surface area contributed by atoms with Crippen LogP contribution in [-0.2, 0) is 16.6 Å². The molecule has 37 heavy (non-hydrogen) atoms. The molecule has 6 rings (SSSR count). The molecule has 0 unspecified atom stereocenters. The minimum absolute atomic E-state index is 0.0571. The largest absolute Gasteiger partial charge is 0.480 e. The summed E-state index contributed by atoms with van der Waals surface area (Å²) in [7, 11) is -2.64.